The predicted molar refractivity (Wildman–Crippen MR) is 83.1 cm³/mol. The van der Waals surface area contributed by atoms with Crippen LogP contribution < -0.4 is 5.73 Å². The van der Waals surface area contributed by atoms with Gasteiger partial charge in [-0.05, 0) is 36.6 Å². The number of nitrogens with two attached hydrogens (primary N) is 1. The smallest absolute Gasteiger partial charge is 0.158 e. The SMILES string of the molecule is Cc1cccc(CS(=O)(=O)Cc2cccc(N)c2C)c1. The van der Waals surface area contributed by atoms with Gasteiger partial charge in [0, 0.05) is 5.69 Å². The molecular formula is C16H19NO2S. The summed E-state index contributed by atoms with van der Waals surface area (Å²) < 4.78 is 24.6. The molecule has 0 aromatic heterocycles. The molecule has 0 bridgehead atoms. The van der Waals surface area contributed by atoms with Gasteiger partial charge >= 0.3 is 0 Å². The Morgan fingerprint density at radius 2 is 1.70 bits per heavy atom. The Kier molecular flexibility index (Phi) is 4.14. The lowest BCUT2D eigenvalue weighted by atomic mass is 10.1. The summed E-state index contributed by atoms with van der Waals surface area (Å²) in [5.41, 5.74) is 9.97. The molecule has 2 aromatic carbocycles. The first kappa shape index (κ1) is 14.6. The summed E-state index contributed by atoms with van der Waals surface area (Å²) in [5, 5.41) is 0. The van der Waals surface area contributed by atoms with E-state index in [2.05, 4.69) is 0 Å². The minimum absolute atomic E-state index is 0.0256. The van der Waals surface area contributed by atoms with Crippen molar-refractivity contribution in [1.29, 1.82) is 0 Å². The van der Waals surface area contributed by atoms with E-state index in [0.29, 0.717) is 5.69 Å². The Labute approximate surface area is 120 Å². The van der Waals surface area contributed by atoms with E-state index in [0.717, 1.165) is 22.3 Å². The Bertz CT molecular complexity index is 721. The molecule has 2 N–H and O–H groups in total. The first-order valence-electron chi connectivity index (χ1n) is 6.47. The monoisotopic (exact) mass is 289 g/mol. The van der Waals surface area contributed by atoms with Crippen molar-refractivity contribution >= 4 is 15.5 Å². The van der Waals surface area contributed by atoms with E-state index in [9.17, 15) is 8.42 Å². The molecule has 0 aliphatic carbocycles. The van der Waals surface area contributed by atoms with Crippen LogP contribution in [0.5, 0.6) is 0 Å². The molecule has 2 rings (SSSR count). The van der Waals surface area contributed by atoms with Crippen LogP contribution in [0.3, 0.4) is 0 Å². The van der Waals surface area contributed by atoms with E-state index < -0.39 is 9.84 Å². The Hall–Kier alpha value is -1.81. The number of hydrogen-bond acceptors (Lipinski definition) is 3. The second-order valence-corrected chi connectivity index (χ2v) is 7.22. The van der Waals surface area contributed by atoms with Gasteiger partial charge in [0.1, 0.15) is 0 Å². The van der Waals surface area contributed by atoms with E-state index in [1.165, 1.54) is 0 Å². The number of anilines is 1. The van der Waals surface area contributed by atoms with Gasteiger partial charge in [-0.15, -0.1) is 0 Å². The predicted octanol–water partition coefficient (Wildman–Crippen LogP) is 3.00. The lowest BCUT2D eigenvalue weighted by Crippen LogP contribution is -2.09. The molecule has 0 saturated carbocycles. The summed E-state index contributed by atoms with van der Waals surface area (Å²) in [6, 6.07) is 13.0. The normalized spacial score (nSPS) is 11.5. The van der Waals surface area contributed by atoms with Crippen LogP contribution in [0.4, 0.5) is 5.69 Å². The van der Waals surface area contributed by atoms with Crippen molar-refractivity contribution in [2.24, 2.45) is 0 Å². The third-order valence-electron chi connectivity index (χ3n) is 3.33. The van der Waals surface area contributed by atoms with Crippen LogP contribution in [0.15, 0.2) is 42.5 Å². The fraction of sp³-hybridized carbons (Fsp3) is 0.250. The van der Waals surface area contributed by atoms with Crippen LogP contribution in [0, 0.1) is 13.8 Å². The van der Waals surface area contributed by atoms with Gasteiger partial charge in [0.2, 0.25) is 0 Å². The summed E-state index contributed by atoms with van der Waals surface area (Å²) >= 11 is 0. The van der Waals surface area contributed by atoms with Gasteiger partial charge in [0.05, 0.1) is 11.5 Å². The lowest BCUT2D eigenvalue weighted by molar-refractivity contribution is 0.594. The number of hydrogen-bond donors (Lipinski definition) is 1. The van der Waals surface area contributed by atoms with Crippen LogP contribution >= 0.6 is 0 Å². The maximum Gasteiger partial charge on any atom is 0.158 e. The number of nitrogen functional groups attached to an aromatic ring is 1. The Balaban J connectivity index is 2.21. The molecule has 0 amide bonds. The maximum atomic E-state index is 12.3. The summed E-state index contributed by atoms with van der Waals surface area (Å²) in [7, 11) is -3.20. The second kappa shape index (κ2) is 5.67. The number of aryl methyl sites for hydroxylation is 1. The molecule has 0 unspecified atom stereocenters. The average molecular weight is 289 g/mol. The highest BCUT2D eigenvalue weighted by Crippen LogP contribution is 2.20. The van der Waals surface area contributed by atoms with Crippen molar-refractivity contribution < 1.29 is 8.42 Å². The maximum absolute atomic E-state index is 12.3. The van der Waals surface area contributed by atoms with E-state index in [1.54, 1.807) is 12.1 Å². The number of sulfone groups is 1. The van der Waals surface area contributed by atoms with Gasteiger partial charge in [0.25, 0.3) is 0 Å². The summed E-state index contributed by atoms with van der Waals surface area (Å²) in [6.07, 6.45) is 0. The van der Waals surface area contributed by atoms with Gasteiger partial charge in [-0.25, -0.2) is 8.42 Å². The minimum Gasteiger partial charge on any atom is -0.399 e. The van der Waals surface area contributed by atoms with Crippen LogP contribution in [-0.2, 0) is 21.3 Å². The van der Waals surface area contributed by atoms with Gasteiger partial charge in [-0.2, -0.15) is 0 Å². The molecule has 0 radical (unpaired) electrons. The third-order valence-corrected chi connectivity index (χ3v) is 4.86. The minimum atomic E-state index is -3.20. The highest BCUT2D eigenvalue weighted by molar-refractivity contribution is 7.89. The first-order valence-corrected chi connectivity index (χ1v) is 8.29. The highest BCUT2D eigenvalue weighted by Gasteiger charge is 2.15. The largest absolute Gasteiger partial charge is 0.399 e. The van der Waals surface area contributed by atoms with Crippen molar-refractivity contribution in [1.82, 2.24) is 0 Å². The Morgan fingerprint density at radius 1 is 1.00 bits per heavy atom. The standard InChI is InChI=1S/C16H19NO2S/c1-12-5-3-6-14(9-12)10-20(18,19)11-15-7-4-8-16(17)13(15)2/h3-9H,10-11,17H2,1-2H3. The van der Waals surface area contributed by atoms with Crippen LogP contribution in [0.1, 0.15) is 22.3 Å². The van der Waals surface area contributed by atoms with E-state index in [4.69, 9.17) is 5.73 Å². The Morgan fingerprint density at radius 3 is 2.40 bits per heavy atom. The van der Waals surface area contributed by atoms with Crippen LogP contribution in [-0.4, -0.2) is 8.42 Å². The van der Waals surface area contributed by atoms with Gasteiger partial charge in [-0.3, -0.25) is 0 Å². The topological polar surface area (TPSA) is 60.2 Å². The highest BCUT2D eigenvalue weighted by atomic mass is 32.2. The van der Waals surface area contributed by atoms with E-state index in [-0.39, 0.29) is 11.5 Å². The lowest BCUT2D eigenvalue weighted by Gasteiger charge is -2.09. The van der Waals surface area contributed by atoms with Crippen molar-refractivity contribution in [2.75, 3.05) is 5.73 Å². The quantitative estimate of drug-likeness (QED) is 0.880. The zero-order chi connectivity index (χ0) is 14.8. The average Bonchev–Trinajstić information content (AvgIpc) is 2.34. The number of rotatable bonds is 4. The summed E-state index contributed by atoms with van der Waals surface area (Å²) in [5.74, 6) is 0.0841. The molecule has 2 aromatic rings. The summed E-state index contributed by atoms with van der Waals surface area (Å²) in [4.78, 5) is 0. The zero-order valence-corrected chi connectivity index (χ0v) is 12.6. The molecule has 4 heteroatoms. The van der Waals surface area contributed by atoms with Crippen molar-refractivity contribution in [3.8, 4) is 0 Å². The van der Waals surface area contributed by atoms with Gasteiger partial charge in [0.15, 0.2) is 9.84 Å². The number of benzene rings is 2. The van der Waals surface area contributed by atoms with Gasteiger partial charge in [-0.1, -0.05) is 42.0 Å². The fourth-order valence-electron chi connectivity index (χ4n) is 2.20. The van der Waals surface area contributed by atoms with Crippen molar-refractivity contribution in [3.63, 3.8) is 0 Å². The molecule has 0 aliphatic rings. The fourth-order valence-corrected chi connectivity index (χ4v) is 3.78. The second-order valence-electron chi connectivity index (χ2n) is 5.15. The van der Waals surface area contributed by atoms with E-state index >= 15 is 0 Å². The molecule has 0 aliphatic heterocycles. The molecule has 0 heterocycles. The molecule has 106 valence electrons. The zero-order valence-electron chi connectivity index (χ0n) is 11.8. The molecule has 0 saturated heterocycles. The molecule has 0 atom stereocenters. The van der Waals surface area contributed by atoms with Crippen LogP contribution in [0.2, 0.25) is 0 Å². The first-order chi connectivity index (χ1) is 9.37. The molecule has 0 spiro atoms. The molecular weight excluding hydrogens is 270 g/mol. The molecule has 3 nitrogen and oxygen atoms in total. The van der Waals surface area contributed by atoms with Crippen LogP contribution in [0.25, 0.3) is 0 Å². The molecule has 20 heavy (non-hydrogen) atoms. The van der Waals surface area contributed by atoms with E-state index in [1.807, 2.05) is 44.2 Å². The third kappa shape index (κ3) is 3.61. The summed E-state index contributed by atoms with van der Waals surface area (Å²) in [6.45, 7) is 3.81. The molecule has 0 fully saturated rings. The van der Waals surface area contributed by atoms with Crippen molar-refractivity contribution in [3.05, 3.63) is 64.7 Å². The van der Waals surface area contributed by atoms with Gasteiger partial charge < -0.3 is 5.73 Å². The van der Waals surface area contributed by atoms with Crippen molar-refractivity contribution in [2.45, 2.75) is 25.4 Å².